The summed E-state index contributed by atoms with van der Waals surface area (Å²) in [6.07, 6.45) is 1.17. The lowest BCUT2D eigenvalue weighted by atomic mass is 10.5. The average Bonchev–Trinajstić information content (AvgIpc) is 1.88. The molecule has 0 unspecified atom stereocenters. The van der Waals surface area contributed by atoms with Gasteiger partial charge >= 0.3 is 5.97 Å². The third-order valence-electron chi connectivity index (χ3n) is 0.832. The molecule has 0 bridgehead atoms. The van der Waals surface area contributed by atoms with Crippen LogP contribution in [-0.2, 0) is 0 Å². The van der Waals surface area contributed by atoms with E-state index in [1.165, 1.54) is 12.3 Å². The van der Waals surface area contributed by atoms with Crippen LogP contribution in [0.3, 0.4) is 0 Å². The topological polar surface area (TPSA) is 118 Å². The van der Waals surface area contributed by atoms with Crippen molar-refractivity contribution in [1.29, 1.82) is 0 Å². The Morgan fingerprint density at radius 1 is 1.55 bits per heavy atom. The van der Waals surface area contributed by atoms with E-state index in [0.29, 0.717) is 0 Å². The van der Waals surface area contributed by atoms with Crippen molar-refractivity contribution in [3.8, 4) is 5.88 Å². The fraction of sp³-hybridized carbons (Fsp3) is 0. The van der Waals surface area contributed by atoms with Crippen molar-refractivity contribution in [1.82, 2.24) is 16.1 Å². The fourth-order valence-corrected chi connectivity index (χ4v) is 0.452. The molecule has 0 amide bonds. The molecule has 1 heterocycles. The van der Waals surface area contributed by atoms with Crippen molar-refractivity contribution in [2.24, 2.45) is 0 Å². The zero-order chi connectivity index (χ0) is 7.56. The van der Waals surface area contributed by atoms with Crippen LogP contribution in [0.15, 0.2) is 12.3 Å². The number of rotatable bonds is 1. The maximum Gasteiger partial charge on any atom is 0.374 e. The van der Waals surface area contributed by atoms with Gasteiger partial charge in [0.1, 0.15) is 0 Å². The van der Waals surface area contributed by atoms with Crippen LogP contribution in [0.2, 0.25) is 0 Å². The number of aromatic nitrogens is 2. The van der Waals surface area contributed by atoms with E-state index in [-0.39, 0.29) is 12.0 Å². The standard InChI is InChI=1S/C5H4N2O3.H3N/c8-3-1-2-6-4(7-3)5(9)10;/h1-2H,(H,9,10)(H,6,7,8);1H3. The molecule has 11 heavy (non-hydrogen) atoms. The van der Waals surface area contributed by atoms with Gasteiger partial charge in [0, 0.05) is 12.3 Å². The first-order chi connectivity index (χ1) is 4.70. The molecule has 0 atom stereocenters. The number of hydrogen-bond donors (Lipinski definition) is 3. The molecule has 1 rings (SSSR count). The highest BCUT2D eigenvalue weighted by molar-refractivity contribution is 5.83. The minimum Gasteiger partial charge on any atom is -0.493 e. The Balaban J connectivity index is 0.000001000. The number of hydrogen-bond acceptors (Lipinski definition) is 5. The van der Waals surface area contributed by atoms with Gasteiger partial charge in [-0.15, -0.1) is 0 Å². The van der Waals surface area contributed by atoms with Gasteiger partial charge in [0.15, 0.2) is 0 Å². The van der Waals surface area contributed by atoms with Gasteiger partial charge in [-0.25, -0.2) is 9.78 Å². The predicted octanol–water partition coefficient (Wildman–Crippen LogP) is 0.0424. The molecule has 0 radical (unpaired) electrons. The molecule has 0 saturated heterocycles. The molecule has 0 aliphatic heterocycles. The van der Waals surface area contributed by atoms with E-state index in [1.54, 1.807) is 0 Å². The van der Waals surface area contributed by atoms with Crippen molar-refractivity contribution < 1.29 is 15.0 Å². The highest BCUT2D eigenvalue weighted by Crippen LogP contribution is 2.00. The molecule has 6 heteroatoms. The lowest BCUT2D eigenvalue weighted by Gasteiger charge is -1.90. The van der Waals surface area contributed by atoms with Crippen LogP contribution in [0.25, 0.3) is 0 Å². The largest absolute Gasteiger partial charge is 0.493 e. The number of carboxylic acid groups (broad SMARTS) is 1. The number of carboxylic acids is 1. The summed E-state index contributed by atoms with van der Waals surface area (Å²) in [5.41, 5.74) is 0. The van der Waals surface area contributed by atoms with Crippen LogP contribution in [0, 0.1) is 0 Å². The zero-order valence-electron chi connectivity index (χ0n) is 5.56. The number of aromatic carboxylic acids is 1. The maximum absolute atomic E-state index is 10.1. The van der Waals surface area contributed by atoms with Gasteiger partial charge in [-0.1, -0.05) is 0 Å². The quantitative estimate of drug-likeness (QED) is 0.529. The Hall–Kier alpha value is -1.69. The van der Waals surface area contributed by atoms with Crippen LogP contribution in [0.1, 0.15) is 10.6 Å². The Labute approximate surface area is 62.1 Å². The summed E-state index contributed by atoms with van der Waals surface area (Å²) in [5.74, 6) is -2.00. The maximum atomic E-state index is 10.1. The molecule has 0 saturated carbocycles. The predicted molar refractivity (Wildman–Crippen MR) is 35.7 cm³/mol. The second kappa shape index (κ2) is 3.47. The normalized spacial score (nSPS) is 8.36. The molecular weight excluding hydrogens is 150 g/mol. The van der Waals surface area contributed by atoms with E-state index >= 15 is 0 Å². The number of carbonyl (C=O) groups is 1. The second-order valence-corrected chi connectivity index (χ2v) is 1.54. The van der Waals surface area contributed by atoms with Crippen LogP contribution in [0.5, 0.6) is 5.88 Å². The van der Waals surface area contributed by atoms with Gasteiger partial charge in [-0.2, -0.15) is 4.98 Å². The van der Waals surface area contributed by atoms with Crippen LogP contribution in [-0.4, -0.2) is 26.2 Å². The highest BCUT2D eigenvalue weighted by Gasteiger charge is 2.04. The minimum atomic E-state index is -1.25. The molecule has 1 aromatic heterocycles. The summed E-state index contributed by atoms with van der Waals surface area (Å²) in [4.78, 5) is 16.7. The molecule has 0 spiro atoms. The first-order valence-corrected chi connectivity index (χ1v) is 2.45. The van der Waals surface area contributed by atoms with Gasteiger partial charge < -0.3 is 16.4 Å². The second-order valence-electron chi connectivity index (χ2n) is 1.54. The Kier molecular flexibility index (Phi) is 2.94. The van der Waals surface area contributed by atoms with Crippen LogP contribution >= 0.6 is 0 Å². The van der Waals surface area contributed by atoms with Crippen molar-refractivity contribution in [3.05, 3.63) is 18.1 Å². The SMILES string of the molecule is N.O=C(O)c1nccc(O)n1. The smallest absolute Gasteiger partial charge is 0.374 e. The van der Waals surface area contributed by atoms with Gasteiger partial charge in [0.2, 0.25) is 11.7 Å². The summed E-state index contributed by atoms with van der Waals surface area (Å²) in [6, 6.07) is 1.20. The minimum absolute atomic E-state index is 0. The third kappa shape index (κ3) is 2.18. The summed E-state index contributed by atoms with van der Waals surface area (Å²) >= 11 is 0. The van der Waals surface area contributed by atoms with Crippen LogP contribution < -0.4 is 6.15 Å². The third-order valence-corrected chi connectivity index (χ3v) is 0.832. The number of nitrogens with zero attached hydrogens (tertiary/aromatic N) is 2. The van der Waals surface area contributed by atoms with E-state index in [2.05, 4.69) is 9.97 Å². The molecule has 0 aromatic carbocycles. The summed E-state index contributed by atoms with van der Waals surface area (Å²) in [6.45, 7) is 0. The molecule has 0 aliphatic rings. The molecule has 0 fully saturated rings. The van der Waals surface area contributed by atoms with E-state index in [9.17, 15) is 4.79 Å². The lowest BCUT2D eigenvalue weighted by molar-refractivity contribution is 0.0682. The molecular formula is C5H7N3O3. The summed E-state index contributed by atoms with van der Waals surface area (Å²) in [5, 5.41) is 16.9. The number of aromatic hydroxyl groups is 1. The Bertz CT molecular complexity index is 263. The Morgan fingerprint density at radius 3 is 2.55 bits per heavy atom. The highest BCUT2D eigenvalue weighted by atomic mass is 16.4. The Morgan fingerprint density at radius 2 is 2.18 bits per heavy atom. The summed E-state index contributed by atoms with van der Waals surface area (Å²) < 4.78 is 0. The van der Waals surface area contributed by atoms with Crippen molar-refractivity contribution in [3.63, 3.8) is 0 Å². The van der Waals surface area contributed by atoms with Gasteiger partial charge in [-0.05, 0) is 0 Å². The van der Waals surface area contributed by atoms with E-state index in [0.717, 1.165) is 0 Å². The van der Waals surface area contributed by atoms with E-state index in [1.807, 2.05) is 0 Å². The fourth-order valence-electron chi connectivity index (χ4n) is 0.452. The molecule has 6 nitrogen and oxygen atoms in total. The molecule has 1 aromatic rings. The molecule has 60 valence electrons. The first-order valence-electron chi connectivity index (χ1n) is 2.45. The lowest BCUT2D eigenvalue weighted by Crippen LogP contribution is -2.02. The first kappa shape index (κ1) is 9.31. The van der Waals surface area contributed by atoms with Crippen molar-refractivity contribution in [2.45, 2.75) is 0 Å². The van der Waals surface area contributed by atoms with E-state index in [4.69, 9.17) is 10.2 Å². The molecule has 0 aliphatic carbocycles. The zero-order valence-corrected chi connectivity index (χ0v) is 5.56. The van der Waals surface area contributed by atoms with Gasteiger partial charge in [0.05, 0.1) is 0 Å². The van der Waals surface area contributed by atoms with Gasteiger partial charge in [0.25, 0.3) is 0 Å². The monoisotopic (exact) mass is 157 g/mol. The summed E-state index contributed by atoms with van der Waals surface area (Å²) in [7, 11) is 0. The average molecular weight is 157 g/mol. The van der Waals surface area contributed by atoms with E-state index < -0.39 is 11.8 Å². The van der Waals surface area contributed by atoms with Crippen molar-refractivity contribution in [2.75, 3.05) is 0 Å². The molecule has 5 N–H and O–H groups in total. The van der Waals surface area contributed by atoms with Gasteiger partial charge in [-0.3, -0.25) is 0 Å². The van der Waals surface area contributed by atoms with Crippen molar-refractivity contribution >= 4 is 5.97 Å². The van der Waals surface area contributed by atoms with Crippen LogP contribution in [0.4, 0.5) is 0 Å².